The van der Waals surface area contributed by atoms with E-state index in [2.05, 4.69) is 26.3 Å². The maximum atomic E-state index is 13.3. The van der Waals surface area contributed by atoms with Gasteiger partial charge in [0.25, 0.3) is 0 Å². The van der Waals surface area contributed by atoms with E-state index in [9.17, 15) is 39.0 Å². The Labute approximate surface area is 245 Å². The van der Waals surface area contributed by atoms with Crippen LogP contribution in [0.3, 0.4) is 0 Å². The summed E-state index contributed by atoms with van der Waals surface area (Å²) in [5.74, 6) is -6.55. The molecule has 0 aromatic rings. The van der Waals surface area contributed by atoms with Crippen molar-refractivity contribution < 1.29 is 39.0 Å². The number of nitrogens with two attached hydrogens (primary N) is 4. The fraction of sp³-hybridized carbons (Fsp3) is 0.720. The molecule has 0 unspecified atom stereocenters. The fourth-order valence-electron chi connectivity index (χ4n) is 3.74. The minimum atomic E-state index is -1.56. The number of amides is 4. The Hall–Kier alpha value is -3.99. The number of aliphatic imine (C=N–C) groups is 1. The Kier molecular flexibility index (Phi) is 18.1. The highest BCUT2D eigenvalue weighted by Crippen LogP contribution is 2.08. The van der Waals surface area contributed by atoms with E-state index < -0.39 is 78.1 Å². The van der Waals surface area contributed by atoms with Gasteiger partial charge >= 0.3 is 11.9 Å². The molecule has 0 aromatic heterocycles. The number of nitrogens with zero attached hydrogens (tertiary/aromatic N) is 1. The van der Waals surface area contributed by atoms with Crippen LogP contribution in [0.15, 0.2) is 4.99 Å². The Morgan fingerprint density at radius 2 is 1.33 bits per heavy atom. The van der Waals surface area contributed by atoms with E-state index in [1.807, 2.05) is 0 Å². The van der Waals surface area contributed by atoms with E-state index in [0.717, 1.165) is 0 Å². The van der Waals surface area contributed by atoms with Crippen LogP contribution in [0.2, 0.25) is 0 Å². The highest BCUT2D eigenvalue weighted by atomic mass is 16.4. The zero-order chi connectivity index (χ0) is 32.4. The third-order valence-electron chi connectivity index (χ3n) is 6.17. The summed E-state index contributed by atoms with van der Waals surface area (Å²) in [5.41, 5.74) is 22.0. The maximum Gasteiger partial charge on any atom is 0.326 e. The summed E-state index contributed by atoms with van der Waals surface area (Å²) in [6.07, 6.45) is 0.931. The second-order valence-electron chi connectivity index (χ2n) is 10.1. The van der Waals surface area contributed by atoms with Gasteiger partial charge in [0.2, 0.25) is 23.6 Å². The van der Waals surface area contributed by atoms with Gasteiger partial charge in [-0.25, -0.2) is 4.79 Å². The number of guanidine groups is 1. The van der Waals surface area contributed by atoms with Crippen LogP contribution in [0.25, 0.3) is 0 Å². The molecule has 0 aliphatic carbocycles. The van der Waals surface area contributed by atoms with E-state index in [0.29, 0.717) is 19.4 Å². The molecule has 0 spiro atoms. The quantitative estimate of drug-likeness (QED) is 0.0359. The second-order valence-corrected chi connectivity index (χ2v) is 10.1. The molecule has 0 fully saturated rings. The van der Waals surface area contributed by atoms with Crippen LogP contribution < -0.4 is 44.2 Å². The first-order valence-electron chi connectivity index (χ1n) is 13.8. The number of carboxylic acids is 2. The summed E-state index contributed by atoms with van der Waals surface area (Å²) in [4.78, 5) is 78.4. The lowest BCUT2D eigenvalue weighted by Gasteiger charge is -2.27. The number of aliphatic carboxylic acids is 2. The van der Waals surface area contributed by atoms with Crippen LogP contribution >= 0.6 is 0 Å². The molecule has 5 atom stereocenters. The van der Waals surface area contributed by atoms with Crippen LogP contribution in [0, 0.1) is 5.92 Å². The Balaban J connectivity index is 5.87. The summed E-state index contributed by atoms with van der Waals surface area (Å²) in [5, 5.41) is 28.3. The molecule has 42 heavy (non-hydrogen) atoms. The van der Waals surface area contributed by atoms with Gasteiger partial charge < -0.3 is 54.4 Å². The van der Waals surface area contributed by atoms with E-state index in [1.165, 1.54) is 0 Å². The minimum absolute atomic E-state index is 0.0279. The number of hydrogen-bond donors (Lipinski definition) is 10. The molecule has 0 saturated carbocycles. The topological polar surface area (TPSA) is 307 Å². The predicted octanol–water partition coefficient (Wildman–Crippen LogP) is -2.94. The Bertz CT molecular complexity index is 956. The first-order valence-corrected chi connectivity index (χ1v) is 13.8. The molecule has 0 aliphatic rings. The molecule has 0 rings (SSSR count). The van der Waals surface area contributed by atoms with E-state index in [-0.39, 0.29) is 38.2 Å². The largest absolute Gasteiger partial charge is 0.481 e. The summed E-state index contributed by atoms with van der Waals surface area (Å²) >= 11 is 0. The van der Waals surface area contributed by atoms with Crippen molar-refractivity contribution in [2.75, 3.05) is 13.1 Å². The Morgan fingerprint density at radius 3 is 1.83 bits per heavy atom. The van der Waals surface area contributed by atoms with Crippen LogP contribution in [0.5, 0.6) is 0 Å². The lowest BCUT2D eigenvalue weighted by atomic mass is 10.0. The van der Waals surface area contributed by atoms with Crippen LogP contribution in [-0.2, 0) is 28.8 Å². The second kappa shape index (κ2) is 20.0. The zero-order valence-electron chi connectivity index (χ0n) is 24.4. The molecule has 0 aromatic carbocycles. The van der Waals surface area contributed by atoms with Crippen molar-refractivity contribution in [1.29, 1.82) is 0 Å². The standard InChI is InChI=1S/C25H47N9O8/c1-4-15(24(41)42)31-23(40)19(13(2)3)34-21(38)16(9-7-11-30-25(28)29)32-22(39)17(12-18(35)36)33-20(37)14(27)8-5-6-10-26/h13-17,19H,4-12,26-27H2,1-3H3,(H,31,40)(H,32,39)(H,33,37)(H,34,38)(H,35,36)(H,41,42)(H4,28,29,30)/t14-,15-,16-,17-,19-/m0/s1. The van der Waals surface area contributed by atoms with E-state index >= 15 is 0 Å². The van der Waals surface area contributed by atoms with Crippen molar-refractivity contribution >= 4 is 41.5 Å². The van der Waals surface area contributed by atoms with Crippen molar-refractivity contribution in [2.24, 2.45) is 33.8 Å². The summed E-state index contributed by atoms with van der Waals surface area (Å²) in [6.45, 7) is 5.34. The van der Waals surface area contributed by atoms with Crippen LogP contribution in [-0.4, -0.2) is 95.0 Å². The lowest BCUT2D eigenvalue weighted by Crippen LogP contribution is -2.59. The average molecular weight is 602 g/mol. The van der Waals surface area contributed by atoms with Crippen LogP contribution in [0.1, 0.15) is 65.7 Å². The molecule has 17 heteroatoms. The van der Waals surface area contributed by atoms with Crippen molar-refractivity contribution in [3.63, 3.8) is 0 Å². The Morgan fingerprint density at radius 1 is 0.762 bits per heavy atom. The molecule has 4 amide bonds. The first kappa shape index (κ1) is 38.0. The molecule has 0 saturated heterocycles. The highest BCUT2D eigenvalue weighted by Gasteiger charge is 2.33. The highest BCUT2D eigenvalue weighted by molar-refractivity contribution is 5.96. The average Bonchev–Trinajstić information content (AvgIpc) is 2.90. The van der Waals surface area contributed by atoms with Crippen molar-refractivity contribution in [3.05, 3.63) is 0 Å². The van der Waals surface area contributed by atoms with Gasteiger partial charge in [0.15, 0.2) is 5.96 Å². The van der Waals surface area contributed by atoms with Gasteiger partial charge in [-0.1, -0.05) is 27.2 Å². The molecule has 240 valence electrons. The number of hydrogen-bond acceptors (Lipinski definition) is 9. The van der Waals surface area contributed by atoms with Gasteiger partial charge in [-0.2, -0.15) is 0 Å². The fourth-order valence-corrected chi connectivity index (χ4v) is 3.74. The summed E-state index contributed by atoms with van der Waals surface area (Å²) in [7, 11) is 0. The van der Waals surface area contributed by atoms with Gasteiger partial charge in [-0.05, 0) is 44.6 Å². The van der Waals surface area contributed by atoms with Gasteiger partial charge in [-0.15, -0.1) is 0 Å². The van der Waals surface area contributed by atoms with Gasteiger partial charge in [0, 0.05) is 6.54 Å². The third-order valence-corrected chi connectivity index (χ3v) is 6.17. The zero-order valence-corrected chi connectivity index (χ0v) is 24.4. The summed E-state index contributed by atoms with van der Waals surface area (Å²) in [6, 6.07) is -6.21. The molecule has 0 radical (unpaired) electrons. The van der Waals surface area contributed by atoms with Gasteiger partial charge in [0.1, 0.15) is 24.2 Å². The normalized spacial score (nSPS) is 14.4. The maximum absolute atomic E-state index is 13.3. The minimum Gasteiger partial charge on any atom is -0.481 e. The molecule has 17 nitrogen and oxygen atoms in total. The number of carboxylic acid groups (broad SMARTS) is 2. The van der Waals surface area contributed by atoms with Crippen LogP contribution in [0.4, 0.5) is 0 Å². The molecule has 14 N–H and O–H groups in total. The number of nitrogens with one attached hydrogen (secondary N) is 4. The first-order chi connectivity index (χ1) is 19.6. The molecule has 0 aliphatic heterocycles. The smallest absolute Gasteiger partial charge is 0.326 e. The molecule has 0 bridgehead atoms. The van der Waals surface area contributed by atoms with Gasteiger partial charge in [0.05, 0.1) is 12.5 Å². The SMILES string of the molecule is CC[C@H](NC(=O)[C@@H](NC(=O)[C@H](CCCN=C(N)N)NC(=O)[C@H](CC(=O)O)NC(=O)[C@@H](N)CCCCN)C(C)C)C(=O)O. The number of carbonyl (C=O) groups excluding carboxylic acids is 4. The predicted molar refractivity (Wildman–Crippen MR) is 154 cm³/mol. The molecular weight excluding hydrogens is 554 g/mol. The molecule has 0 heterocycles. The lowest BCUT2D eigenvalue weighted by molar-refractivity contribution is -0.142. The van der Waals surface area contributed by atoms with E-state index in [1.54, 1.807) is 20.8 Å². The summed E-state index contributed by atoms with van der Waals surface area (Å²) < 4.78 is 0. The number of carbonyl (C=O) groups is 6. The van der Waals surface area contributed by atoms with E-state index in [4.69, 9.17) is 22.9 Å². The van der Waals surface area contributed by atoms with Crippen molar-refractivity contribution in [1.82, 2.24) is 21.3 Å². The van der Waals surface area contributed by atoms with Crippen molar-refractivity contribution in [3.8, 4) is 0 Å². The molecular formula is C25H47N9O8. The van der Waals surface area contributed by atoms with Gasteiger partial charge in [-0.3, -0.25) is 29.0 Å². The monoisotopic (exact) mass is 601 g/mol. The number of rotatable bonds is 21. The third kappa shape index (κ3) is 15.1. The number of unbranched alkanes of at least 4 members (excludes halogenated alkanes) is 1. The van der Waals surface area contributed by atoms with Crippen molar-refractivity contribution in [2.45, 2.75) is 95.9 Å².